The minimum Gasteiger partial charge on any atom is -0.383 e. The molecule has 0 spiro atoms. The fourth-order valence-electron chi connectivity index (χ4n) is 1.39. The van der Waals surface area contributed by atoms with Gasteiger partial charge in [-0.1, -0.05) is 0 Å². The molecule has 1 aromatic heterocycles. The smallest absolute Gasteiger partial charge is 0.305 e. The van der Waals surface area contributed by atoms with E-state index in [0.717, 1.165) is 23.5 Å². The molecule has 1 heterocycles. The first-order valence-electron chi connectivity index (χ1n) is 4.77. The zero-order valence-electron chi connectivity index (χ0n) is 9.11. The molecule has 8 heteroatoms. The van der Waals surface area contributed by atoms with Gasteiger partial charge in [-0.3, -0.25) is 10.1 Å². The number of thiazole rings is 1. The molecule has 0 aliphatic heterocycles. The Hall–Kier alpha value is -2.09. The molecule has 2 N–H and O–H groups in total. The van der Waals surface area contributed by atoms with Gasteiger partial charge in [0.2, 0.25) is 5.82 Å². The van der Waals surface area contributed by atoms with E-state index in [-0.39, 0.29) is 10.8 Å². The van der Waals surface area contributed by atoms with Crippen molar-refractivity contribution in [3.8, 4) is 10.6 Å². The Morgan fingerprint density at radius 3 is 2.61 bits per heavy atom. The molecular formula is C10H7F2N3O2S. The van der Waals surface area contributed by atoms with E-state index in [2.05, 4.69) is 4.98 Å². The van der Waals surface area contributed by atoms with Gasteiger partial charge in [-0.15, -0.1) is 11.3 Å². The van der Waals surface area contributed by atoms with Crippen LogP contribution in [0.15, 0.2) is 12.1 Å². The van der Waals surface area contributed by atoms with Gasteiger partial charge < -0.3 is 5.73 Å². The first kappa shape index (κ1) is 12.4. The normalized spacial score (nSPS) is 10.6. The molecule has 5 nitrogen and oxygen atoms in total. The number of hydrogen-bond acceptors (Lipinski definition) is 5. The van der Waals surface area contributed by atoms with E-state index in [4.69, 9.17) is 5.73 Å². The lowest BCUT2D eigenvalue weighted by Crippen LogP contribution is -1.97. The quantitative estimate of drug-likeness (QED) is 0.672. The van der Waals surface area contributed by atoms with E-state index in [9.17, 15) is 18.9 Å². The number of aryl methyl sites for hydroxylation is 1. The summed E-state index contributed by atoms with van der Waals surface area (Å²) in [5.41, 5.74) is 4.18. The summed E-state index contributed by atoms with van der Waals surface area (Å²) >= 11 is 0.977. The predicted octanol–water partition coefficient (Wildman–Crippen LogP) is 2.89. The Morgan fingerprint density at radius 1 is 1.44 bits per heavy atom. The van der Waals surface area contributed by atoms with E-state index in [1.807, 2.05) is 0 Å². The van der Waals surface area contributed by atoms with Crippen LogP contribution in [0.4, 0.5) is 20.3 Å². The molecule has 0 fully saturated rings. The van der Waals surface area contributed by atoms with Gasteiger partial charge in [-0.25, -0.2) is 9.37 Å². The molecule has 1 aromatic carbocycles. The molecule has 0 saturated carbocycles. The van der Waals surface area contributed by atoms with E-state index in [1.165, 1.54) is 0 Å². The molecule has 0 aliphatic carbocycles. The summed E-state index contributed by atoms with van der Waals surface area (Å²) < 4.78 is 27.4. The Morgan fingerprint density at radius 2 is 2.11 bits per heavy atom. The second kappa shape index (κ2) is 4.30. The van der Waals surface area contributed by atoms with Crippen LogP contribution >= 0.6 is 11.3 Å². The van der Waals surface area contributed by atoms with Crippen molar-refractivity contribution < 1.29 is 13.7 Å². The van der Waals surface area contributed by atoms with Crippen LogP contribution in [-0.2, 0) is 0 Å². The minimum atomic E-state index is -1.24. The highest BCUT2D eigenvalue weighted by atomic mass is 32.1. The number of nitro groups is 1. The number of anilines is 1. The van der Waals surface area contributed by atoms with E-state index in [1.54, 1.807) is 6.92 Å². The van der Waals surface area contributed by atoms with Gasteiger partial charge in [0.15, 0.2) is 0 Å². The number of nitrogens with zero attached hydrogens (tertiary/aromatic N) is 2. The van der Waals surface area contributed by atoms with Crippen LogP contribution in [0.3, 0.4) is 0 Å². The molecule has 0 bridgehead atoms. The minimum absolute atomic E-state index is 0.0105. The Balaban J connectivity index is 2.70. The van der Waals surface area contributed by atoms with Crippen LogP contribution in [0.1, 0.15) is 4.88 Å². The van der Waals surface area contributed by atoms with E-state index >= 15 is 0 Å². The van der Waals surface area contributed by atoms with Crippen LogP contribution in [0.25, 0.3) is 10.6 Å². The van der Waals surface area contributed by atoms with Crippen LogP contribution in [0, 0.1) is 28.7 Å². The summed E-state index contributed by atoms with van der Waals surface area (Å²) in [6.07, 6.45) is 0. The highest BCUT2D eigenvalue weighted by Gasteiger charge is 2.24. The maximum Gasteiger partial charge on any atom is 0.305 e. The molecule has 18 heavy (non-hydrogen) atoms. The number of benzene rings is 1. The van der Waals surface area contributed by atoms with Gasteiger partial charge in [0.05, 0.1) is 10.5 Å². The van der Waals surface area contributed by atoms with Crippen LogP contribution in [-0.4, -0.2) is 9.91 Å². The number of hydrogen-bond donors (Lipinski definition) is 1. The zero-order valence-corrected chi connectivity index (χ0v) is 9.92. The lowest BCUT2D eigenvalue weighted by molar-refractivity contribution is -0.387. The number of aromatic nitrogens is 1. The number of nitrogens with two attached hydrogens (primary N) is 1. The lowest BCUT2D eigenvalue weighted by Gasteiger charge is -2.01. The molecule has 94 valence electrons. The molecule has 0 aliphatic rings. The molecule has 0 saturated heterocycles. The Kier molecular flexibility index (Phi) is 2.95. The molecule has 0 amide bonds. The van der Waals surface area contributed by atoms with E-state index in [0.29, 0.717) is 4.88 Å². The van der Waals surface area contributed by atoms with Gasteiger partial charge >= 0.3 is 5.69 Å². The van der Waals surface area contributed by atoms with Crippen molar-refractivity contribution in [3.05, 3.63) is 38.8 Å². The van der Waals surface area contributed by atoms with Crippen molar-refractivity contribution in [3.63, 3.8) is 0 Å². The summed E-state index contributed by atoms with van der Waals surface area (Å²) in [4.78, 5) is 14.1. The third kappa shape index (κ3) is 1.90. The first-order chi connectivity index (χ1) is 8.41. The van der Waals surface area contributed by atoms with Gasteiger partial charge in [0.25, 0.3) is 0 Å². The Labute approximate surface area is 104 Å². The van der Waals surface area contributed by atoms with Gasteiger partial charge in [-0.2, -0.15) is 4.39 Å². The highest BCUT2D eigenvalue weighted by Crippen LogP contribution is 2.35. The van der Waals surface area contributed by atoms with Crippen molar-refractivity contribution >= 4 is 22.8 Å². The fourth-order valence-corrected chi connectivity index (χ4v) is 2.27. The SMILES string of the molecule is Cc1sc(-c2c(F)ccc([N+](=O)[O-])c2F)nc1N. The van der Waals surface area contributed by atoms with Crippen molar-refractivity contribution in [2.24, 2.45) is 0 Å². The summed E-state index contributed by atoms with van der Waals surface area (Å²) in [5, 5.41) is 10.6. The maximum atomic E-state index is 13.9. The summed E-state index contributed by atoms with van der Waals surface area (Å²) in [6, 6.07) is 1.61. The topological polar surface area (TPSA) is 82.0 Å². The van der Waals surface area contributed by atoms with E-state index < -0.39 is 27.8 Å². The fraction of sp³-hybridized carbons (Fsp3) is 0.100. The third-order valence-corrected chi connectivity index (χ3v) is 3.32. The zero-order chi connectivity index (χ0) is 13.4. The van der Waals surface area contributed by atoms with Crippen LogP contribution in [0.5, 0.6) is 0 Å². The molecular weight excluding hydrogens is 264 g/mol. The number of nitro benzene ring substituents is 1. The summed E-state index contributed by atoms with van der Waals surface area (Å²) in [7, 11) is 0. The summed E-state index contributed by atoms with van der Waals surface area (Å²) in [6.45, 7) is 1.64. The highest BCUT2D eigenvalue weighted by molar-refractivity contribution is 7.15. The second-order valence-electron chi connectivity index (χ2n) is 3.47. The molecule has 2 rings (SSSR count). The number of halogens is 2. The molecule has 0 radical (unpaired) electrons. The third-order valence-electron chi connectivity index (χ3n) is 2.31. The molecule has 0 unspecified atom stereocenters. The number of rotatable bonds is 2. The summed E-state index contributed by atoms with van der Waals surface area (Å²) in [5.74, 6) is -2.00. The Bertz CT molecular complexity index is 623. The van der Waals surface area contributed by atoms with Gasteiger partial charge in [0, 0.05) is 10.9 Å². The first-order valence-corrected chi connectivity index (χ1v) is 5.59. The van der Waals surface area contributed by atoms with Crippen LogP contribution < -0.4 is 5.73 Å². The standard InChI is InChI=1S/C10H7F2N3O2S/c1-4-9(13)14-10(18-4)7-5(11)2-3-6(8(7)12)15(16)17/h2-3H,13H2,1H3. The molecule has 0 atom stereocenters. The van der Waals surface area contributed by atoms with Crippen molar-refractivity contribution in [2.75, 3.05) is 5.73 Å². The van der Waals surface area contributed by atoms with Crippen molar-refractivity contribution in [2.45, 2.75) is 6.92 Å². The van der Waals surface area contributed by atoms with Crippen LogP contribution in [0.2, 0.25) is 0 Å². The average molecular weight is 271 g/mol. The second-order valence-corrected chi connectivity index (χ2v) is 4.68. The maximum absolute atomic E-state index is 13.9. The number of nitrogen functional groups attached to an aromatic ring is 1. The van der Waals surface area contributed by atoms with Crippen molar-refractivity contribution in [1.82, 2.24) is 4.98 Å². The monoisotopic (exact) mass is 271 g/mol. The predicted molar refractivity (Wildman–Crippen MR) is 63.3 cm³/mol. The van der Waals surface area contributed by atoms with Gasteiger partial charge in [-0.05, 0) is 13.0 Å². The van der Waals surface area contributed by atoms with Crippen molar-refractivity contribution in [1.29, 1.82) is 0 Å². The average Bonchev–Trinajstić information content (AvgIpc) is 2.58. The largest absolute Gasteiger partial charge is 0.383 e. The van der Waals surface area contributed by atoms with Gasteiger partial charge in [0.1, 0.15) is 16.6 Å². The lowest BCUT2D eigenvalue weighted by atomic mass is 10.2. The molecule has 2 aromatic rings.